The summed E-state index contributed by atoms with van der Waals surface area (Å²) in [5.41, 5.74) is 2.85. The Hall–Kier alpha value is -2.67. The summed E-state index contributed by atoms with van der Waals surface area (Å²) in [6.45, 7) is 4.26. The number of benzene rings is 1. The van der Waals surface area contributed by atoms with Crippen molar-refractivity contribution in [1.82, 2.24) is 19.8 Å². The molecule has 1 aromatic carbocycles. The van der Waals surface area contributed by atoms with Crippen molar-refractivity contribution in [3.63, 3.8) is 0 Å². The third-order valence-electron chi connectivity index (χ3n) is 4.67. The first-order valence-corrected chi connectivity index (χ1v) is 9.54. The molecule has 1 fully saturated rings. The van der Waals surface area contributed by atoms with Gasteiger partial charge in [-0.15, -0.1) is 11.3 Å². The van der Waals surface area contributed by atoms with Crippen molar-refractivity contribution in [2.75, 3.05) is 26.2 Å². The van der Waals surface area contributed by atoms with Crippen LogP contribution in [0.4, 0.5) is 0 Å². The van der Waals surface area contributed by atoms with E-state index in [1.165, 1.54) is 11.3 Å². The molecule has 26 heavy (non-hydrogen) atoms. The second-order valence-corrected chi connectivity index (χ2v) is 7.45. The summed E-state index contributed by atoms with van der Waals surface area (Å²) in [4.78, 5) is 37.0. The van der Waals surface area contributed by atoms with Crippen molar-refractivity contribution in [2.45, 2.75) is 13.3 Å². The van der Waals surface area contributed by atoms with Gasteiger partial charge in [-0.3, -0.25) is 9.59 Å². The molecule has 0 atom stereocenters. The number of carbonyl (C=O) groups excluding carboxylic acids is 2. The van der Waals surface area contributed by atoms with Crippen LogP contribution in [0.15, 0.2) is 35.7 Å². The van der Waals surface area contributed by atoms with Crippen molar-refractivity contribution in [3.8, 4) is 0 Å². The van der Waals surface area contributed by atoms with E-state index in [0.29, 0.717) is 32.6 Å². The van der Waals surface area contributed by atoms with Crippen molar-refractivity contribution < 1.29 is 9.59 Å². The van der Waals surface area contributed by atoms with Crippen LogP contribution in [-0.4, -0.2) is 57.8 Å². The minimum atomic E-state index is 0.0622. The van der Waals surface area contributed by atoms with Gasteiger partial charge in [0, 0.05) is 26.2 Å². The largest absolute Gasteiger partial charge is 0.342 e. The minimum Gasteiger partial charge on any atom is -0.342 e. The highest BCUT2D eigenvalue weighted by atomic mass is 32.1. The molecule has 0 saturated carbocycles. The molecule has 0 aliphatic carbocycles. The summed E-state index contributed by atoms with van der Waals surface area (Å²) in [7, 11) is 0. The van der Waals surface area contributed by atoms with Crippen LogP contribution < -0.4 is 0 Å². The highest BCUT2D eigenvalue weighted by molar-refractivity contribution is 7.12. The summed E-state index contributed by atoms with van der Waals surface area (Å²) in [5.74, 6) is 1.03. The van der Waals surface area contributed by atoms with Gasteiger partial charge in [0.05, 0.1) is 22.3 Å². The molecule has 2 amide bonds. The van der Waals surface area contributed by atoms with Gasteiger partial charge < -0.3 is 14.8 Å². The molecule has 3 aromatic rings. The first-order valence-electron chi connectivity index (χ1n) is 8.66. The molecule has 2 aromatic heterocycles. The molecule has 0 bridgehead atoms. The van der Waals surface area contributed by atoms with Crippen LogP contribution >= 0.6 is 11.3 Å². The molecule has 1 N–H and O–H groups in total. The molecule has 0 radical (unpaired) electrons. The van der Waals surface area contributed by atoms with Crippen LogP contribution in [0.2, 0.25) is 0 Å². The van der Waals surface area contributed by atoms with Crippen LogP contribution in [-0.2, 0) is 11.2 Å². The van der Waals surface area contributed by atoms with Gasteiger partial charge in [0.2, 0.25) is 5.91 Å². The first-order chi connectivity index (χ1) is 12.6. The molecule has 134 valence electrons. The van der Waals surface area contributed by atoms with Crippen molar-refractivity contribution in [2.24, 2.45) is 0 Å². The van der Waals surface area contributed by atoms with Gasteiger partial charge in [-0.1, -0.05) is 12.1 Å². The van der Waals surface area contributed by atoms with Crippen LogP contribution in [0, 0.1) is 6.92 Å². The monoisotopic (exact) mass is 368 g/mol. The second kappa shape index (κ2) is 6.92. The van der Waals surface area contributed by atoms with Crippen molar-refractivity contribution >= 4 is 34.2 Å². The van der Waals surface area contributed by atoms with Gasteiger partial charge in [0.25, 0.3) is 5.91 Å². The predicted octanol–water partition coefficient (Wildman–Crippen LogP) is 2.46. The molecule has 1 saturated heterocycles. The fraction of sp³-hybridized carbons (Fsp3) is 0.316. The van der Waals surface area contributed by atoms with E-state index in [-0.39, 0.29) is 11.8 Å². The predicted molar refractivity (Wildman–Crippen MR) is 101 cm³/mol. The number of hydrogen-bond acceptors (Lipinski definition) is 4. The Morgan fingerprint density at radius 2 is 1.92 bits per heavy atom. The van der Waals surface area contributed by atoms with E-state index >= 15 is 0 Å². The number of nitrogens with zero attached hydrogens (tertiary/aromatic N) is 3. The number of rotatable bonds is 3. The van der Waals surface area contributed by atoms with Crippen molar-refractivity contribution in [3.05, 3.63) is 52.0 Å². The van der Waals surface area contributed by atoms with Gasteiger partial charge in [-0.25, -0.2) is 4.98 Å². The number of thiophene rings is 1. The number of hydrogen-bond donors (Lipinski definition) is 1. The number of carbonyl (C=O) groups is 2. The van der Waals surface area contributed by atoms with Gasteiger partial charge in [-0.05, 0) is 36.1 Å². The smallest absolute Gasteiger partial charge is 0.264 e. The molecular weight excluding hydrogens is 348 g/mol. The minimum absolute atomic E-state index is 0.0622. The Kier molecular flexibility index (Phi) is 4.46. The average Bonchev–Trinajstić information content (AvgIpc) is 3.29. The van der Waals surface area contributed by atoms with E-state index in [4.69, 9.17) is 0 Å². The second-order valence-electron chi connectivity index (χ2n) is 6.50. The Morgan fingerprint density at radius 1 is 1.15 bits per heavy atom. The van der Waals surface area contributed by atoms with Gasteiger partial charge >= 0.3 is 0 Å². The maximum Gasteiger partial charge on any atom is 0.264 e. The van der Waals surface area contributed by atoms with E-state index in [1.807, 2.05) is 52.4 Å². The van der Waals surface area contributed by atoms with E-state index < -0.39 is 0 Å². The van der Waals surface area contributed by atoms with Crippen LogP contribution in [0.5, 0.6) is 0 Å². The Labute approximate surface area is 155 Å². The van der Waals surface area contributed by atoms with Crippen LogP contribution in [0.1, 0.15) is 21.1 Å². The van der Waals surface area contributed by atoms with Crippen molar-refractivity contribution in [1.29, 1.82) is 0 Å². The van der Waals surface area contributed by atoms with E-state index in [1.54, 1.807) is 0 Å². The number of amides is 2. The topological polar surface area (TPSA) is 69.3 Å². The zero-order chi connectivity index (χ0) is 18.1. The third-order valence-corrected chi connectivity index (χ3v) is 5.53. The maximum absolute atomic E-state index is 12.6. The SMILES string of the molecule is Cc1nc2ccc(CC(=O)N3CCN(C(=O)c4cccs4)CC3)cc2[nH]1. The quantitative estimate of drug-likeness (QED) is 0.772. The van der Waals surface area contributed by atoms with Gasteiger partial charge in [0.15, 0.2) is 0 Å². The normalized spacial score (nSPS) is 14.8. The molecule has 6 nitrogen and oxygen atoms in total. The fourth-order valence-corrected chi connectivity index (χ4v) is 3.99. The van der Waals surface area contributed by atoms with E-state index in [0.717, 1.165) is 27.3 Å². The molecule has 0 spiro atoms. The lowest BCUT2D eigenvalue weighted by Crippen LogP contribution is -2.50. The number of imidazole rings is 1. The van der Waals surface area contributed by atoms with E-state index in [9.17, 15) is 9.59 Å². The number of H-pyrrole nitrogens is 1. The number of aromatic nitrogens is 2. The molecule has 1 aliphatic heterocycles. The lowest BCUT2D eigenvalue weighted by molar-refractivity contribution is -0.131. The van der Waals surface area contributed by atoms with Gasteiger partial charge in [-0.2, -0.15) is 0 Å². The first kappa shape index (κ1) is 16.8. The van der Waals surface area contributed by atoms with Crippen LogP contribution in [0.3, 0.4) is 0 Å². The number of fused-ring (bicyclic) bond motifs is 1. The number of nitrogens with one attached hydrogen (secondary N) is 1. The summed E-state index contributed by atoms with van der Waals surface area (Å²) in [6.07, 6.45) is 0.368. The highest BCUT2D eigenvalue weighted by Crippen LogP contribution is 2.16. The molecule has 3 heterocycles. The van der Waals surface area contributed by atoms with Crippen LogP contribution in [0.25, 0.3) is 11.0 Å². The molecule has 0 unspecified atom stereocenters. The standard InChI is InChI=1S/C19H20N4O2S/c1-13-20-15-5-4-14(11-16(15)21-13)12-18(24)22-6-8-23(9-7-22)19(25)17-3-2-10-26-17/h2-5,10-11H,6-9,12H2,1H3,(H,20,21). The number of aromatic amines is 1. The average molecular weight is 368 g/mol. The number of aryl methyl sites for hydroxylation is 1. The molecular formula is C19H20N4O2S. The van der Waals surface area contributed by atoms with E-state index in [2.05, 4.69) is 9.97 Å². The summed E-state index contributed by atoms with van der Waals surface area (Å²) in [5, 5.41) is 1.91. The molecule has 4 rings (SSSR count). The Morgan fingerprint density at radius 3 is 2.65 bits per heavy atom. The Bertz CT molecular complexity index is 940. The lowest BCUT2D eigenvalue weighted by atomic mass is 10.1. The number of piperazine rings is 1. The zero-order valence-electron chi connectivity index (χ0n) is 14.6. The molecule has 7 heteroatoms. The maximum atomic E-state index is 12.6. The summed E-state index contributed by atoms with van der Waals surface area (Å²) >= 11 is 1.46. The lowest BCUT2D eigenvalue weighted by Gasteiger charge is -2.34. The summed E-state index contributed by atoms with van der Waals surface area (Å²) in [6, 6.07) is 9.62. The summed E-state index contributed by atoms with van der Waals surface area (Å²) < 4.78 is 0. The zero-order valence-corrected chi connectivity index (χ0v) is 15.4. The third kappa shape index (κ3) is 3.35. The van der Waals surface area contributed by atoms with Gasteiger partial charge in [0.1, 0.15) is 5.82 Å². The fourth-order valence-electron chi connectivity index (χ4n) is 3.30. The Balaban J connectivity index is 1.36. The highest BCUT2D eigenvalue weighted by Gasteiger charge is 2.25. The molecule has 1 aliphatic rings.